The summed E-state index contributed by atoms with van der Waals surface area (Å²) in [5, 5.41) is 3.48. The third-order valence-corrected chi connectivity index (χ3v) is 8.51. The Labute approximate surface area is 157 Å². The molecule has 3 nitrogen and oxygen atoms in total. The minimum Gasteiger partial charge on any atom is -0.353 e. The Kier molecular flexibility index (Phi) is 3.60. The molecule has 26 heavy (non-hydrogen) atoms. The summed E-state index contributed by atoms with van der Waals surface area (Å²) in [6, 6.07) is 11.7. The number of nitrogens with two attached hydrogens (primary N) is 1. The van der Waals surface area contributed by atoms with Crippen molar-refractivity contribution in [2.45, 2.75) is 82.2 Å². The van der Waals surface area contributed by atoms with Crippen LogP contribution in [0.3, 0.4) is 0 Å². The van der Waals surface area contributed by atoms with Crippen molar-refractivity contribution in [3.8, 4) is 0 Å². The van der Waals surface area contributed by atoms with Crippen LogP contribution in [0.5, 0.6) is 0 Å². The van der Waals surface area contributed by atoms with Gasteiger partial charge in [0.05, 0.1) is 5.41 Å². The highest BCUT2D eigenvalue weighted by atomic mass is 16.2. The van der Waals surface area contributed by atoms with E-state index in [-0.39, 0.29) is 16.2 Å². The maximum Gasteiger partial charge on any atom is 0.227 e. The molecule has 1 amide bonds. The Morgan fingerprint density at radius 1 is 1.04 bits per heavy atom. The monoisotopic (exact) mass is 352 g/mol. The van der Waals surface area contributed by atoms with Gasteiger partial charge in [0.15, 0.2) is 0 Å². The van der Waals surface area contributed by atoms with Crippen LogP contribution in [0.4, 0.5) is 0 Å². The number of carbonyl (C=O) groups is 1. The van der Waals surface area contributed by atoms with Gasteiger partial charge < -0.3 is 11.1 Å². The van der Waals surface area contributed by atoms with Gasteiger partial charge in [0.25, 0.3) is 0 Å². The van der Waals surface area contributed by atoms with E-state index in [1.165, 1.54) is 24.8 Å². The lowest BCUT2D eigenvalue weighted by atomic mass is 9.63. The molecule has 3 N–H and O–H groups in total. The van der Waals surface area contributed by atoms with E-state index in [4.69, 9.17) is 5.73 Å². The van der Waals surface area contributed by atoms with Gasteiger partial charge in [0, 0.05) is 12.1 Å². The topological polar surface area (TPSA) is 55.1 Å². The first-order chi connectivity index (χ1) is 12.4. The molecule has 0 radical (unpaired) electrons. The quantitative estimate of drug-likeness (QED) is 0.866. The lowest BCUT2D eigenvalue weighted by Crippen LogP contribution is -2.50. The van der Waals surface area contributed by atoms with Crippen molar-refractivity contribution in [1.29, 1.82) is 0 Å². The Morgan fingerprint density at radius 2 is 1.77 bits per heavy atom. The SMILES string of the molecule is C[C@]12CC3CC1(C(=O)NC1CCC(N)CC1)C[C@@](c1ccccc1)(C3)C2. The van der Waals surface area contributed by atoms with Crippen molar-refractivity contribution in [2.75, 3.05) is 0 Å². The largest absolute Gasteiger partial charge is 0.353 e. The molecule has 4 bridgehead atoms. The van der Waals surface area contributed by atoms with E-state index in [0.717, 1.165) is 38.5 Å². The van der Waals surface area contributed by atoms with Gasteiger partial charge in [0.2, 0.25) is 5.91 Å². The molecule has 3 heteroatoms. The second kappa shape index (κ2) is 5.58. The molecule has 0 aliphatic heterocycles. The zero-order chi connectivity index (χ0) is 18.0. The van der Waals surface area contributed by atoms with Crippen molar-refractivity contribution in [3.63, 3.8) is 0 Å². The summed E-state index contributed by atoms with van der Waals surface area (Å²) in [4.78, 5) is 13.6. The third kappa shape index (κ3) is 2.25. The normalized spacial score (nSPS) is 46.5. The molecule has 1 aromatic carbocycles. The molecular weight excluding hydrogens is 320 g/mol. The van der Waals surface area contributed by atoms with Crippen LogP contribution in [-0.2, 0) is 10.2 Å². The molecule has 140 valence electrons. The smallest absolute Gasteiger partial charge is 0.227 e. The first-order valence-corrected chi connectivity index (χ1v) is 10.6. The van der Waals surface area contributed by atoms with E-state index >= 15 is 0 Å². The van der Waals surface area contributed by atoms with Crippen LogP contribution >= 0.6 is 0 Å². The fourth-order valence-electron chi connectivity index (χ4n) is 7.55. The first-order valence-electron chi connectivity index (χ1n) is 10.6. The van der Waals surface area contributed by atoms with E-state index in [9.17, 15) is 4.79 Å². The Hall–Kier alpha value is -1.35. The number of hydrogen-bond donors (Lipinski definition) is 2. The number of rotatable bonds is 3. The van der Waals surface area contributed by atoms with Crippen LogP contribution in [0.25, 0.3) is 0 Å². The summed E-state index contributed by atoms with van der Waals surface area (Å²) in [6.45, 7) is 2.41. The minimum atomic E-state index is -0.147. The molecule has 5 aliphatic carbocycles. The predicted octanol–water partition coefficient (Wildman–Crippen LogP) is 3.91. The Bertz CT molecular complexity index is 710. The number of amides is 1. The average molecular weight is 353 g/mol. The second-order valence-corrected chi connectivity index (χ2v) is 10.2. The van der Waals surface area contributed by atoms with Crippen LogP contribution in [0.1, 0.15) is 70.3 Å². The Morgan fingerprint density at radius 3 is 2.50 bits per heavy atom. The number of hydrogen-bond acceptors (Lipinski definition) is 2. The summed E-state index contributed by atoms with van der Waals surface area (Å²) in [6.07, 6.45) is 10.1. The van der Waals surface area contributed by atoms with Gasteiger partial charge in [-0.2, -0.15) is 0 Å². The van der Waals surface area contributed by atoms with E-state index in [2.05, 4.69) is 42.6 Å². The molecule has 2 unspecified atom stereocenters. The van der Waals surface area contributed by atoms with Crippen LogP contribution in [0.15, 0.2) is 30.3 Å². The van der Waals surface area contributed by atoms with Gasteiger partial charge >= 0.3 is 0 Å². The van der Waals surface area contributed by atoms with Crippen LogP contribution in [-0.4, -0.2) is 18.0 Å². The van der Waals surface area contributed by atoms with E-state index in [0.29, 0.717) is 23.9 Å². The molecule has 1 aromatic rings. The molecule has 5 saturated carbocycles. The van der Waals surface area contributed by atoms with Gasteiger partial charge in [-0.1, -0.05) is 37.3 Å². The maximum absolute atomic E-state index is 13.6. The van der Waals surface area contributed by atoms with E-state index in [1.54, 1.807) is 0 Å². The van der Waals surface area contributed by atoms with Crippen molar-refractivity contribution in [1.82, 2.24) is 5.32 Å². The zero-order valence-corrected chi connectivity index (χ0v) is 16.0. The lowest BCUT2D eigenvalue weighted by molar-refractivity contribution is -0.136. The maximum atomic E-state index is 13.6. The summed E-state index contributed by atoms with van der Waals surface area (Å²) in [5.74, 6) is 1.08. The summed E-state index contributed by atoms with van der Waals surface area (Å²) in [7, 11) is 0. The second-order valence-electron chi connectivity index (χ2n) is 10.2. The summed E-state index contributed by atoms with van der Waals surface area (Å²) >= 11 is 0. The molecule has 0 heterocycles. The molecule has 4 atom stereocenters. The number of benzene rings is 1. The van der Waals surface area contributed by atoms with E-state index < -0.39 is 0 Å². The van der Waals surface area contributed by atoms with Crippen molar-refractivity contribution < 1.29 is 4.79 Å². The van der Waals surface area contributed by atoms with Gasteiger partial charge in [-0.05, 0) is 80.1 Å². The Balaban J connectivity index is 1.43. The molecule has 0 saturated heterocycles. The highest BCUT2D eigenvalue weighted by Gasteiger charge is 2.72. The molecule has 6 rings (SSSR count). The average Bonchev–Trinajstić information content (AvgIpc) is 2.95. The summed E-state index contributed by atoms with van der Waals surface area (Å²) < 4.78 is 0. The first kappa shape index (κ1) is 16.8. The van der Waals surface area contributed by atoms with Gasteiger partial charge in [-0.15, -0.1) is 0 Å². The van der Waals surface area contributed by atoms with Crippen molar-refractivity contribution in [2.24, 2.45) is 22.5 Å². The minimum absolute atomic E-state index is 0.147. The zero-order valence-electron chi connectivity index (χ0n) is 16.0. The molecule has 5 fully saturated rings. The van der Waals surface area contributed by atoms with Crippen molar-refractivity contribution in [3.05, 3.63) is 35.9 Å². The fraction of sp³-hybridized carbons (Fsp3) is 0.696. The van der Waals surface area contributed by atoms with Crippen molar-refractivity contribution >= 4 is 5.91 Å². The van der Waals surface area contributed by atoms with Crippen LogP contribution in [0, 0.1) is 16.7 Å². The fourth-order valence-corrected chi connectivity index (χ4v) is 7.55. The van der Waals surface area contributed by atoms with Gasteiger partial charge in [-0.25, -0.2) is 0 Å². The summed E-state index contributed by atoms with van der Waals surface area (Å²) in [5.41, 5.74) is 7.76. The van der Waals surface area contributed by atoms with E-state index in [1.807, 2.05) is 0 Å². The van der Waals surface area contributed by atoms with Crippen LogP contribution < -0.4 is 11.1 Å². The van der Waals surface area contributed by atoms with Crippen LogP contribution in [0.2, 0.25) is 0 Å². The molecule has 0 spiro atoms. The third-order valence-electron chi connectivity index (χ3n) is 8.51. The molecule has 5 aliphatic rings. The molecular formula is C23H32N2O. The van der Waals surface area contributed by atoms with Gasteiger partial charge in [-0.3, -0.25) is 4.79 Å². The highest BCUT2D eigenvalue weighted by Crippen LogP contribution is 2.76. The highest BCUT2D eigenvalue weighted by molar-refractivity contribution is 5.85. The molecule has 0 aromatic heterocycles. The number of nitrogens with one attached hydrogen (secondary N) is 1. The lowest BCUT2D eigenvalue weighted by Gasteiger charge is -2.41. The predicted molar refractivity (Wildman–Crippen MR) is 104 cm³/mol. The number of carbonyl (C=O) groups excluding carboxylic acids is 1. The van der Waals surface area contributed by atoms with Gasteiger partial charge in [0.1, 0.15) is 0 Å². The standard InChI is InChI=1S/C23H32N2O/c1-21-11-16-12-22(14-21,17-5-3-2-4-6-17)15-23(21,13-16)20(26)25-19-9-7-18(24)8-10-19/h2-6,16,18-19H,7-15,24H2,1H3,(H,25,26)/t16?,18?,19?,21-,22-,23?/m1/s1.